The first-order valence-corrected chi connectivity index (χ1v) is 5.72. The molecule has 0 fully saturated rings. The largest absolute Gasteiger partial charge is 0.480 e. The van der Waals surface area contributed by atoms with Gasteiger partial charge in [0.25, 0.3) is 5.92 Å². The fraction of sp³-hybridized carbons (Fsp3) is 0.462. The van der Waals surface area contributed by atoms with Gasteiger partial charge in [0.1, 0.15) is 0 Å². The molecule has 0 atom stereocenters. The summed E-state index contributed by atoms with van der Waals surface area (Å²) in [6, 6.07) is 7.19. The summed E-state index contributed by atoms with van der Waals surface area (Å²) in [6.07, 6.45) is 0. The Labute approximate surface area is 105 Å². The van der Waals surface area contributed by atoms with Gasteiger partial charge in [-0.1, -0.05) is 30.3 Å². The molecule has 100 valence electrons. The molecule has 0 aromatic heterocycles. The first-order chi connectivity index (χ1) is 8.33. The molecule has 1 aromatic rings. The number of rotatable bonds is 6. The molecule has 0 saturated heterocycles. The van der Waals surface area contributed by atoms with Crippen molar-refractivity contribution in [2.24, 2.45) is 0 Å². The van der Waals surface area contributed by atoms with Crippen molar-refractivity contribution in [2.75, 3.05) is 13.1 Å². The Bertz CT molecular complexity index is 393. The van der Waals surface area contributed by atoms with Crippen LogP contribution in [0.25, 0.3) is 0 Å². The lowest BCUT2D eigenvalue weighted by atomic mass is 10.1. The predicted molar refractivity (Wildman–Crippen MR) is 64.7 cm³/mol. The molecule has 0 aliphatic carbocycles. The number of hydrogen-bond acceptors (Lipinski definition) is 2. The second kappa shape index (κ2) is 5.91. The topological polar surface area (TPSA) is 40.5 Å². The highest BCUT2D eigenvalue weighted by Crippen LogP contribution is 2.29. The van der Waals surface area contributed by atoms with Crippen LogP contribution in [0.3, 0.4) is 0 Å². The Morgan fingerprint density at radius 2 is 1.89 bits per heavy atom. The van der Waals surface area contributed by atoms with E-state index in [9.17, 15) is 13.6 Å². The highest BCUT2D eigenvalue weighted by Gasteiger charge is 2.35. The minimum Gasteiger partial charge on any atom is -0.480 e. The third-order valence-electron chi connectivity index (χ3n) is 2.67. The molecule has 0 aliphatic heterocycles. The van der Waals surface area contributed by atoms with Crippen molar-refractivity contribution in [1.29, 1.82) is 0 Å². The van der Waals surface area contributed by atoms with E-state index in [0.717, 1.165) is 0 Å². The Morgan fingerprint density at radius 1 is 1.33 bits per heavy atom. The molecule has 1 N–H and O–H groups in total. The molecule has 0 saturated carbocycles. The van der Waals surface area contributed by atoms with Crippen LogP contribution in [0.4, 0.5) is 8.78 Å². The van der Waals surface area contributed by atoms with Gasteiger partial charge in [-0.2, -0.15) is 8.78 Å². The first kappa shape index (κ1) is 14.6. The maximum absolute atomic E-state index is 14.0. The summed E-state index contributed by atoms with van der Waals surface area (Å²) >= 11 is 0. The van der Waals surface area contributed by atoms with Gasteiger partial charge in [0.05, 0.1) is 13.1 Å². The zero-order valence-electron chi connectivity index (χ0n) is 10.4. The second-order valence-corrected chi connectivity index (χ2v) is 4.46. The van der Waals surface area contributed by atoms with Gasteiger partial charge in [-0.25, -0.2) is 0 Å². The number of carboxylic acids is 1. The van der Waals surface area contributed by atoms with Crippen molar-refractivity contribution >= 4 is 5.97 Å². The molecule has 3 nitrogen and oxygen atoms in total. The smallest absolute Gasteiger partial charge is 0.317 e. The SMILES string of the molecule is CC(C)N(CC(=O)O)CC(F)(F)c1ccccc1. The molecule has 0 radical (unpaired) electrons. The Morgan fingerprint density at radius 3 is 2.33 bits per heavy atom. The third kappa shape index (κ3) is 4.07. The van der Waals surface area contributed by atoms with Crippen LogP contribution in [0.2, 0.25) is 0 Å². The van der Waals surface area contributed by atoms with Gasteiger partial charge in [0.2, 0.25) is 0 Å². The van der Waals surface area contributed by atoms with E-state index in [4.69, 9.17) is 5.11 Å². The molecule has 5 heteroatoms. The van der Waals surface area contributed by atoms with Crippen LogP contribution in [0, 0.1) is 0 Å². The van der Waals surface area contributed by atoms with Crippen LogP contribution in [-0.2, 0) is 10.7 Å². The van der Waals surface area contributed by atoms with Crippen molar-refractivity contribution < 1.29 is 18.7 Å². The summed E-state index contributed by atoms with van der Waals surface area (Å²) in [4.78, 5) is 11.9. The zero-order valence-corrected chi connectivity index (χ0v) is 10.4. The summed E-state index contributed by atoms with van der Waals surface area (Å²) in [5.41, 5.74) is -0.0963. The van der Waals surface area contributed by atoms with Crippen LogP contribution < -0.4 is 0 Å². The number of carboxylic acid groups (broad SMARTS) is 1. The number of nitrogens with zero attached hydrogens (tertiary/aromatic N) is 1. The maximum Gasteiger partial charge on any atom is 0.317 e. The number of hydrogen-bond donors (Lipinski definition) is 1. The van der Waals surface area contributed by atoms with Crippen LogP contribution in [0.1, 0.15) is 19.4 Å². The first-order valence-electron chi connectivity index (χ1n) is 5.72. The van der Waals surface area contributed by atoms with Gasteiger partial charge in [0.15, 0.2) is 0 Å². The Hall–Kier alpha value is -1.49. The van der Waals surface area contributed by atoms with Gasteiger partial charge in [0, 0.05) is 11.6 Å². The fourth-order valence-electron chi connectivity index (χ4n) is 1.62. The lowest BCUT2D eigenvalue weighted by molar-refractivity contribution is -0.140. The van der Waals surface area contributed by atoms with E-state index >= 15 is 0 Å². The van der Waals surface area contributed by atoms with Crippen molar-refractivity contribution in [3.63, 3.8) is 0 Å². The second-order valence-electron chi connectivity index (χ2n) is 4.46. The van der Waals surface area contributed by atoms with Gasteiger partial charge in [-0.15, -0.1) is 0 Å². The lowest BCUT2D eigenvalue weighted by Crippen LogP contribution is -2.42. The Balaban J connectivity index is 2.82. The van der Waals surface area contributed by atoms with E-state index in [1.54, 1.807) is 32.0 Å². The summed E-state index contributed by atoms with van der Waals surface area (Å²) in [6.45, 7) is 2.41. The van der Waals surface area contributed by atoms with Crippen molar-refractivity contribution in [3.05, 3.63) is 35.9 Å². The highest BCUT2D eigenvalue weighted by atomic mass is 19.3. The average Bonchev–Trinajstić information content (AvgIpc) is 2.28. The quantitative estimate of drug-likeness (QED) is 0.851. The van der Waals surface area contributed by atoms with Gasteiger partial charge in [-0.05, 0) is 13.8 Å². The number of benzene rings is 1. The molecule has 0 spiro atoms. The predicted octanol–water partition coefficient (Wildman–Crippen LogP) is 2.57. The molecule has 0 bridgehead atoms. The minimum atomic E-state index is -3.05. The molecule has 1 aromatic carbocycles. The molecule has 0 aliphatic rings. The minimum absolute atomic E-state index is 0.0963. The van der Waals surface area contributed by atoms with Crippen LogP contribution in [-0.4, -0.2) is 35.1 Å². The number of carbonyl (C=O) groups is 1. The lowest BCUT2D eigenvalue weighted by Gasteiger charge is -2.29. The molecular formula is C13H17F2NO2. The number of aliphatic carboxylic acids is 1. The zero-order chi connectivity index (χ0) is 13.8. The van der Waals surface area contributed by atoms with E-state index in [0.29, 0.717) is 0 Å². The van der Waals surface area contributed by atoms with E-state index in [1.165, 1.54) is 17.0 Å². The van der Waals surface area contributed by atoms with E-state index in [-0.39, 0.29) is 18.2 Å². The normalized spacial score (nSPS) is 12.1. The molecular weight excluding hydrogens is 240 g/mol. The molecule has 1 rings (SSSR count). The monoisotopic (exact) mass is 257 g/mol. The van der Waals surface area contributed by atoms with Gasteiger partial charge < -0.3 is 5.11 Å². The highest BCUT2D eigenvalue weighted by molar-refractivity contribution is 5.69. The number of alkyl halides is 2. The van der Waals surface area contributed by atoms with Crippen LogP contribution >= 0.6 is 0 Å². The van der Waals surface area contributed by atoms with E-state index in [2.05, 4.69) is 0 Å². The standard InChI is InChI=1S/C13H17F2NO2/c1-10(2)16(8-12(17)18)9-13(14,15)11-6-4-3-5-7-11/h3-7,10H,8-9H2,1-2H3,(H,17,18). The van der Waals surface area contributed by atoms with Crippen molar-refractivity contribution in [2.45, 2.75) is 25.8 Å². The molecule has 18 heavy (non-hydrogen) atoms. The summed E-state index contributed by atoms with van der Waals surface area (Å²) < 4.78 is 28.0. The van der Waals surface area contributed by atoms with Crippen molar-refractivity contribution in [1.82, 2.24) is 4.90 Å². The van der Waals surface area contributed by atoms with Crippen LogP contribution in [0.5, 0.6) is 0 Å². The summed E-state index contributed by atoms with van der Waals surface area (Å²) in [5.74, 6) is -4.16. The van der Waals surface area contributed by atoms with Crippen LogP contribution in [0.15, 0.2) is 30.3 Å². The summed E-state index contributed by atoms with van der Waals surface area (Å²) in [5, 5.41) is 8.71. The van der Waals surface area contributed by atoms with Gasteiger partial charge >= 0.3 is 5.97 Å². The maximum atomic E-state index is 14.0. The third-order valence-corrected chi connectivity index (χ3v) is 2.67. The molecule has 0 amide bonds. The number of halogens is 2. The van der Waals surface area contributed by atoms with E-state index in [1.807, 2.05) is 0 Å². The molecule has 0 unspecified atom stereocenters. The van der Waals surface area contributed by atoms with E-state index < -0.39 is 18.4 Å². The Kier molecular flexibility index (Phi) is 4.78. The average molecular weight is 257 g/mol. The molecule has 0 heterocycles. The fourth-order valence-corrected chi connectivity index (χ4v) is 1.62. The summed E-state index contributed by atoms with van der Waals surface area (Å²) in [7, 11) is 0. The van der Waals surface area contributed by atoms with Gasteiger partial charge in [-0.3, -0.25) is 9.69 Å². The van der Waals surface area contributed by atoms with Crippen molar-refractivity contribution in [3.8, 4) is 0 Å².